The van der Waals surface area contributed by atoms with E-state index >= 15 is 0 Å². The molecule has 0 radical (unpaired) electrons. The highest BCUT2D eigenvalue weighted by Gasteiger charge is 2.12. The van der Waals surface area contributed by atoms with Gasteiger partial charge in [0.25, 0.3) is 5.91 Å². The summed E-state index contributed by atoms with van der Waals surface area (Å²) in [6, 6.07) is 3.27. The van der Waals surface area contributed by atoms with Crippen molar-refractivity contribution in [2.24, 2.45) is 0 Å². The predicted molar refractivity (Wildman–Crippen MR) is 67.1 cm³/mol. The highest BCUT2D eigenvalue weighted by molar-refractivity contribution is 6.30. The van der Waals surface area contributed by atoms with Crippen LogP contribution >= 0.6 is 11.6 Å². The second kappa shape index (κ2) is 7.25. The number of carbonyl (C=O) groups excluding carboxylic acids is 1. The number of aliphatic hydroxyl groups excluding tert-OH is 1. The fourth-order valence-corrected chi connectivity index (χ4v) is 1.55. The van der Waals surface area contributed by atoms with Crippen LogP contribution in [0.1, 0.15) is 29.8 Å². The third kappa shape index (κ3) is 4.71. The molecule has 5 heteroatoms. The first-order valence-corrected chi connectivity index (χ1v) is 6.01. The minimum Gasteiger partial charge on any atom is -0.396 e. The van der Waals surface area contributed by atoms with Gasteiger partial charge < -0.3 is 10.0 Å². The molecular weight excluding hydrogens is 240 g/mol. The maximum Gasteiger partial charge on any atom is 0.272 e. The minimum absolute atomic E-state index is 0.106. The van der Waals surface area contributed by atoms with Crippen LogP contribution in [0.5, 0.6) is 0 Å². The first-order chi connectivity index (χ1) is 8.15. The van der Waals surface area contributed by atoms with Gasteiger partial charge in [-0.1, -0.05) is 11.6 Å². The van der Waals surface area contributed by atoms with Gasteiger partial charge in [0.1, 0.15) is 5.69 Å². The van der Waals surface area contributed by atoms with Crippen LogP contribution in [0.2, 0.25) is 5.02 Å². The van der Waals surface area contributed by atoms with Gasteiger partial charge in [0.05, 0.1) is 5.02 Å². The molecule has 0 aliphatic heterocycles. The third-order valence-electron chi connectivity index (χ3n) is 2.44. The van der Waals surface area contributed by atoms with Gasteiger partial charge in [-0.2, -0.15) is 0 Å². The Labute approximate surface area is 106 Å². The normalized spacial score (nSPS) is 10.3. The van der Waals surface area contributed by atoms with Crippen molar-refractivity contribution in [3.63, 3.8) is 0 Å². The number of rotatable bonds is 6. The summed E-state index contributed by atoms with van der Waals surface area (Å²) in [6.45, 7) is 0.875. The van der Waals surface area contributed by atoms with Crippen molar-refractivity contribution in [1.82, 2.24) is 9.88 Å². The standard InChI is InChI=1S/C12H17ClN2O2/c1-15(7-3-2-4-8-16)12(17)11-6-5-10(13)9-14-11/h5-6,9,16H,2-4,7-8H2,1H3. The second-order valence-electron chi connectivity index (χ2n) is 3.87. The second-order valence-corrected chi connectivity index (χ2v) is 4.31. The number of hydrogen-bond acceptors (Lipinski definition) is 3. The zero-order chi connectivity index (χ0) is 12.7. The highest BCUT2D eigenvalue weighted by atomic mass is 35.5. The molecular formula is C12H17ClN2O2. The van der Waals surface area contributed by atoms with Crippen molar-refractivity contribution in [2.45, 2.75) is 19.3 Å². The molecule has 0 aromatic carbocycles. The summed E-state index contributed by atoms with van der Waals surface area (Å²) in [4.78, 5) is 17.5. The molecule has 0 aliphatic carbocycles. The Hall–Kier alpha value is -1.13. The lowest BCUT2D eigenvalue weighted by Crippen LogP contribution is -2.28. The molecule has 17 heavy (non-hydrogen) atoms. The van der Waals surface area contributed by atoms with E-state index in [9.17, 15) is 4.79 Å². The van der Waals surface area contributed by atoms with E-state index in [1.165, 1.54) is 6.20 Å². The molecule has 0 saturated carbocycles. The van der Waals surface area contributed by atoms with Crippen molar-refractivity contribution in [1.29, 1.82) is 0 Å². The number of nitrogens with zero attached hydrogens (tertiary/aromatic N) is 2. The molecule has 0 aliphatic rings. The number of unbranched alkanes of at least 4 members (excludes halogenated alkanes) is 2. The monoisotopic (exact) mass is 256 g/mol. The summed E-state index contributed by atoms with van der Waals surface area (Å²) >= 11 is 5.70. The van der Waals surface area contributed by atoms with E-state index in [2.05, 4.69) is 4.98 Å². The molecule has 1 amide bonds. The molecule has 0 spiro atoms. The summed E-state index contributed by atoms with van der Waals surface area (Å²) in [5, 5.41) is 9.16. The Kier molecular flexibility index (Phi) is 5.94. The van der Waals surface area contributed by atoms with Crippen LogP contribution in [0.15, 0.2) is 18.3 Å². The number of amides is 1. The van der Waals surface area contributed by atoms with Gasteiger partial charge >= 0.3 is 0 Å². The molecule has 4 nitrogen and oxygen atoms in total. The molecule has 0 unspecified atom stereocenters. The maximum absolute atomic E-state index is 11.9. The molecule has 0 saturated heterocycles. The molecule has 94 valence electrons. The Balaban J connectivity index is 2.43. The van der Waals surface area contributed by atoms with Gasteiger partial charge in [-0.05, 0) is 31.4 Å². The van der Waals surface area contributed by atoms with Crippen LogP contribution < -0.4 is 0 Å². The van der Waals surface area contributed by atoms with Crippen molar-refractivity contribution < 1.29 is 9.90 Å². The van der Waals surface area contributed by atoms with Crippen LogP contribution in [0.25, 0.3) is 0 Å². The van der Waals surface area contributed by atoms with Crippen LogP contribution in [-0.2, 0) is 0 Å². The summed E-state index contributed by atoms with van der Waals surface area (Å²) in [7, 11) is 1.75. The minimum atomic E-state index is -0.106. The van der Waals surface area contributed by atoms with Crippen molar-refractivity contribution in [2.75, 3.05) is 20.2 Å². The first-order valence-electron chi connectivity index (χ1n) is 5.63. The van der Waals surface area contributed by atoms with Gasteiger partial charge in [-0.3, -0.25) is 4.79 Å². The molecule has 1 heterocycles. The average molecular weight is 257 g/mol. The van der Waals surface area contributed by atoms with Crippen LogP contribution in [0.3, 0.4) is 0 Å². The SMILES string of the molecule is CN(CCCCCO)C(=O)c1ccc(Cl)cn1. The van der Waals surface area contributed by atoms with Crippen LogP contribution in [-0.4, -0.2) is 41.1 Å². The molecule has 1 aromatic rings. The smallest absolute Gasteiger partial charge is 0.272 e. The lowest BCUT2D eigenvalue weighted by atomic mass is 10.2. The van der Waals surface area contributed by atoms with Crippen LogP contribution in [0.4, 0.5) is 0 Å². The van der Waals surface area contributed by atoms with Gasteiger partial charge in [0.2, 0.25) is 0 Å². The largest absolute Gasteiger partial charge is 0.396 e. The van der Waals surface area contributed by atoms with E-state index < -0.39 is 0 Å². The predicted octanol–water partition coefficient (Wildman–Crippen LogP) is 1.97. The Morgan fingerprint density at radius 3 is 2.76 bits per heavy atom. The van der Waals surface area contributed by atoms with E-state index in [0.717, 1.165) is 19.3 Å². The fraction of sp³-hybridized carbons (Fsp3) is 0.500. The lowest BCUT2D eigenvalue weighted by Gasteiger charge is -2.16. The van der Waals surface area contributed by atoms with Crippen molar-refractivity contribution in [3.05, 3.63) is 29.0 Å². The van der Waals surface area contributed by atoms with E-state index in [0.29, 0.717) is 17.3 Å². The Morgan fingerprint density at radius 2 is 2.18 bits per heavy atom. The Morgan fingerprint density at radius 1 is 1.41 bits per heavy atom. The number of halogens is 1. The van der Waals surface area contributed by atoms with Crippen LogP contribution in [0, 0.1) is 0 Å². The van der Waals surface area contributed by atoms with E-state index in [4.69, 9.17) is 16.7 Å². The molecule has 0 bridgehead atoms. The number of carbonyl (C=O) groups is 1. The number of aromatic nitrogens is 1. The first kappa shape index (κ1) is 13.9. The van der Waals surface area contributed by atoms with Gasteiger partial charge in [-0.25, -0.2) is 4.98 Å². The molecule has 0 fully saturated rings. The van der Waals surface area contributed by atoms with Crippen molar-refractivity contribution >= 4 is 17.5 Å². The lowest BCUT2D eigenvalue weighted by molar-refractivity contribution is 0.0786. The zero-order valence-corrected chi connectivity index (χ0v) is 10.7. The molecule has 1 rings (SSSR count). The molecule has 1 aromatic heterocycles. The van der Waals surface area contributed by atoms with Gasteiger partial charge in [-0.15, -0.1) is 0 Å². The number of aliphatic hydroxyl groups is 1. The third-order valence-corrected chi connectivity index (χ3v) is 2.67. The summed E-state index contributed by atoms with van der Waals surface area (Å²) in [5.74, 6) is -0.106. The van der Waals surface area contributed by atoms with Crippen molar-refractivity contribution in [3.8, 4) is 0 Å². The molecule has 0 atom stereocenters. The van der Waals surface area contributed by atoms with Gasteiger partial charge in [0.15, 0.2) is 0 Å². The summed E-state index contributed by atoms with van der Waals surface area (Å²) in [6.07, 6.45) is 4.05. The average Bonchev–Trinajstić information content (AvgIpc) is 2.34. The van der Waals surface area contributed by atoms with Gasteiger partial charge in [0, 0.05) is 26.4 Å². The zero-order valence-electron chi connectivity index (χ0n) is 9.90. The van der Waals surface area contributed by atoms with E-state index in [-0.39, 0.29) is 12.5 Å². The maximum atomic E-state index is 11.9. The number of hydrogen-bond donors (Lipinski definition) is 1. The number of pyridine rings is 1. The Bertz CT molecular complexity index is 354. The van der Waals surface area contributed by atoms with E-state index in [1.54, 1.807) is 24.1 Å². The topological polar surface area (TPSA) is 53.4 Å². The van der Waals surface area contributed by atoms with E-state index in [1.807, 2.05) is 0 Å². The fourth-order valence-electron chi connectivity index (χ4n) is 1.44. The highest BCUT2D eigenvalue weighted by Crippen LogP contribution is 2.08. The molecule has 1 N–H and O–H groups in total. The summed E-state index contributed by atoms with van der Waals surface area (Å²) < 4.78 is 0. The quantitative estimate of drug-likeness (QED) is 0.792. The summed E-state index contributed by atoms with van der Waals surface area (Å²) in [5.41, 5.74) is 0.402.